The van der Waals surface area contributed by atoms with E-state index in [1.54, 1.807) is 4.90 Å². The molecule has 2 unspecified atom stereocenters. The van der Waals surface area contributed by atoms with Crippen LogP contribution in [-0.2, 0) is 12.8 Å². The fraction of sp³-hybridized carbons (Fsp3) is 0.611. The molecule has 1 aromatic carbocycles. The molecule has 2 aliphatic carbocycles. The van der Waals surface area contributed by atoms with Crippen molar-refractivity contribution < 1.29 is 9.90 Å². The van der Waals surface area contributed by atoms with E-state index in [0.29, 0.717) is 0 Å². The van der Waals surface area contributed by atoms with E-state index in [0.717, 1.165) is 44.1 Å². The number of hydrogen-bond acceptors (Lipinski definition) is 2. The van der Waals surface area contributed by atoms with Gasteiger partial charge in [-0.3, -0.25) is 4.79 Å². The number of rotatable bonds is 2. The summed E-state index contributed by atoms with van der Waals surface area (Å²) >= 11 is 0. The summed E-state index contributed by atoms with van der Waals surface area (Å²) in [6.07, 6.45) is 8.23. The van der Waals surface area contributed by atoms with Crippen molar-refractivity contribution in [1.29, 1.82) is 0 Å². The zero-order chi connectivity index (χ0) is 14.8. The Bertz CT molecular complexity index is 526. The van der Waals surface area contributed by atoms with E-state index < -0.39 is 0 Å². The van der Waals surface area contributed by atoms with E-state index in [-0.39, 0.29) is 18.1 Å². The largest absolute Gasteiger partial charge is 0.391 e. The molecule has 3 rings (SSSR count). The Hall–Kier alpha value is -1.35. The predicted molar refractivity (Wildman–Crippen MR) is 83.4 cm³/mol. The number of hydrogen-bond donors (Lipinski definition) is 1. The smallest absolute Gasteiger partial charge is 0.253 e. The van der Waals surface area contributed by atoms with E-state index in [4.69, 9.17) is 0 Å². The summed E-state index contributed by atoms with van der Waals surface area (Å²) in [6, 6.07) is 6.12. The number of amides is 1. The van der Waals surface area contributed by atoms with Crippen molar-refractivity contribution >= 4 is 5.91 Å². The Morgan fingerprint density at radius 2 is 1.81 bits per heavy atom. The monoisotopic (exact) mass is 287 g/mol. The van der Waals surface area contributed by atoms with Gasteiger partial charge < -0.3 is 10.0 Å². The van der Waals surface area contributed by atoms with Crippen LogP contribution in [0.25, 0.3) is 0 Å². The van der Waals surface area contributed by atoms with Gasteiger partial charge in [-0.2, -0.15) is 0 Å². The van der Waals surface area contributed by atoms with Gasteiger partial charge in [0, 0.05) is 12.6 Å². The lowest BCUT2D eigenvalue weighted by atomic mass is 9.89. The Morgan fingerprint density at radius 1 is 1.10 bits per heavy atom. The van der Waals surface area contributed by atoms with E-state index >= 15 is 0 Å². The molecular weight excluding hydrogens is 262 g/mol. The van der Waals surface area contributed by atoms with Crippen LogP contribution in [0.2, 0.25) is 0 Å². The van der Waals surface area contributed by atoms with Gasteiger partial charge in [0.05, 0.1) is 12.1 Å². The maximum Gasteiger partial charge on any atom is 0.253 e. The zero-order valence-corrected chi connectivity index (χ0v) is 12.8. The van der Waals surface area contributed by atoms with Crippen LogP contribution in [0.5, 0.6) is 0 Å². The summed E-state index contributed by atoms with van der Waals surface area (Å²) in [5, 5.41) is 10.1. The lowest BCUT2D eigenvalue weighted by Gasteiger charge is -2.35. The molecule has 2 atom stereocenters. The van der Waals surface area contributed by atoms with Crippen LogP contribution in [0.3, 0.4) is 0 Å². The van der Waals surface area contributed by atoms with Gasteiger partial charge in [0.15, 0.2) is 0 Å². The first-order chi connectivity index (χ1) is 10.2. The molecule has 114 valence electrons. The van der Waals surface area contributed by atoms with Crippen LogP contribution in [0.1, 0.15) is 60.0 Å². The number of aryl methyl sites for hydroxylation is 2. The fourth-order valence-electron chi connectivity index (χ4n) is 3.76. The Kier molecular flexibility index (Phi) is 4.29. The molecule has 1 saturated carbocycles. The Balaban J connectivity index is 1.77. The fourth-order valence-corrected chi connectivity index (χ4v) is 3.76. The highest BCUT2D eigenvalue weighted by molar-refractivity contribution is 5.94. The average Bonchev–Trinajstić information content (AvgIpc) is 2.53. The molecule has 3 nitrogen and oxygen atoms in total. The van der Waals surface area contributed by atoms with Crippen molar-refractivity contribution in [2.75, 3.05) is 7.05 Å². The molecule has 0 saturated heterocycles. The molecule has 3 heteroatoms. The molecule has 1 N–H and O–H groups in total. The standard InChI is InChI=1S/C18H25NO2/c1-19(16-8-4-5-9-17(16)20)18(21)15-11-10-13-6-2-3-7-14(13)12-15/h10-12,16-17,20H,2-9H2,1H3. The first kappa shape index (κ1) is 14.6. The Morgan fingerprint density at radius 3 is 2.57 bits per heavy atom. The SMILES string of the molecule is CN(C(=O)c1ccc2c(c1)CCCC2)C1CCCCC1O. The summed E-state index contributed by atoms with van der Waals surface area (Å²) in [6.45, 7) is 0. The van der Waals surface area contributed by atoms with Crippen molar-refractivity contribution in [2.24, 2.45) is 0 Å². The molecule has 0 radical (unpaired) electrons. The second kappa shape index (κ2) is 6.18. The van der Waals surface area contributed by atoms with Crippen LogP contribution in [0, 0.1) is 0 Å². The first-order valence-electron chi connectivity index (χ1n) is 8.24. The number of aliphatic hydroxyl groups is 1. The van der Waals surface area contributed by atoms with Crippen LogP contribution < -0.4 is 0 Å². The van der Waals surface area contributed by atoms with Crippen molar-refractivity contribution in [3.8, 4) is 0 Å². The summed E-state index contributed by atoms with van der Waals surface area (Å²) in [7, 11) is 1.83. The van der Waals surface area contributed by atoms with Gasteiger partial charge in [0.2, 0.25) is 0 Å². The highest BCUT2D eigenvalue weighted by Gasteiger charge is 2.30. The number of nitrogens with zero attached hydrogens (tertiary/aromatic N) is 1. The van der Waals surface area contributed by atoms with Crippen molar-refractivity contribution in [1.82, 2.24) is 4.90 Å². The molecule has 1 amide bonds. The maximum atomic E-state index is 12.7. The van der Waals surface area contributed by atoms with E-state index in [2.05, 4.69) is 12.1 Å². The molecule has 21 heavy (non-hydrogen) atoms. The third-order valence-corrected chi connectivity index (χ3v) is 5.11. The van der Waals surface area contributed by atoms with E-state index in [9.17, 15) is 9.90 Å². The third kappa shape index (κ3) is 2.98. The van der Waals surface area contributed by atoms with Crippen LogP contribution in [0.15, 0.2) is 18.2 Å². The quantitative estimate of drug-likeness (QED) is 0.908. The summed E-state index contributed by atoms with van der Waals surface area (Å²) in [4.78, 5) is 14.4. The summed E-state index contributed by atoms with van der Waals surface area (Å²) in [5.41, 5.74) is 3.51. The number of benzene rings is 1. The molecule has 0 spiro atoms. The topological polar surface area (TPSA) is 40.5 Å². The molecule has 0 aromatic heterocycles. The number of aliphatic hydroxyl groups excluding tert-OH is 1. The minimum atomic E-state index is -0.370. The number of carbonyl (C=O) groups is 1. The highest BCUT2D eigenvalue weighted by Crippen LogP contribution is 2.26. The van der Waals surface area contributed by atoms with Gasteiger partial charge in [-0.05, 0) is 61.8 Å². The average molecular weight is 287 g/mol. The normalized spacial score (nSPS) is 25.2. The maximum absolute atomic E-state index is 12.7. The van der Waals surface area contributed by atoms with Crippen molar-refractivity contribution in [3.05, 3.63) is 34.9 Å². The van der Waals surface area contributed by atoms with E-state index in [1.165, 1.54) is 24.0 Å². The molecule has 0 bridgehead atoms. The van der Waals surface area contributed by atoms with Crippen LogP contribution in [-0.4, -0.2) is 35.1 Å². The minimum Gasteiger partial charge on any atom is -0.391 e. The van der Waals surface area contributed by atoms with Crippen LogP contribution in [0.4, 0.5) is 0 Å². The third-order valence-electron chi connectivity index (χ3n) is 5.11. The van der Waals surface area contributed by atoms with Gasteiger partial charge in [-0.25, -0.2) is 0 Å². The molecule has 0 aliphatic heterocycles. The number of likely N-dealkylation sites (N-methyl/N-ethyl adjacent to an activating group) is 1. The first-order valence-corrected chi connectivity index (χ1v) is 8.24. The van der Waals surface area contributed by atoms with Gasteiger partial charge in [0.1, 0.15) is 0 Å². The summed E-state index contributed by atoms with van der Waals surface area (Å²) < 4.78 is 0. The minimum absolute atomic E-state index is 0.0257. The summed E-state index contributed by atoms with van der Waals surface area (Å²) in [5.74, 6) is 0.0503. The Labute approximate surface area is 127 Å². The van der Waals surface area contributed by atoms with Gasteiger partial charge in [-0.15, -0.1) is 0 Å². The second-order valence-electron chi connectivity index (χ2n) is 6.53. The van der Waals surface area contributed by atoms with E-state index in [1.807, 2.05) is 13.1 Å². The lowest BCUT2D eigenvalue weighted by molar-refractivity contribution is 0.0268. The highest BCUT2D eigenvalue weighted by atomic mass is 16.3. The van der Waals surface area contributed by atoms with Crippen molar-refractivity contribution in [2.45, 2.75) is 63.5 Å². The van der Waals surface area contributed by atoms with Gasteiger partial charge in [-0.1, -0.05) is 18.9 Å². The van der Waals surface area contributed by atoms with Crippen molar-refractivity contribution in [3.63, 3.8) is 0 Å². The molecular formula is C18H25NO2. The molecule has 1 fully saturated rings. The predicted octanol–water partition coefficient (Wildman–Crippen LogP) is 2.94. The number of carbonyl (C=O) groups excluding carboxylic acids is 1. The lowest BCUT2D eigenvalue weighted by Crippen LogP contribution is -2.46. The second-order valence-corrected chi connectivity index (χ2v) is 6.53. The zero-order valence-electron chi connectivity index (χ0n) is 12.8. The molecule has 1 aromatic rings. The molecule has 2 aliphatic rings. The molecule has 0 heterocycles. The van der Waals surface area contributed by atoms with Gasteiger partial charge in [0.25, 0.3) is 5.91 Å². The van der Waals surface area contributed by atoms with Crippen LogP contribution >= 0.6 is 0 Å². The number of fused-ring (bicyclic) bond motifs is 1. The van der Waals surface area contributed by atoms with Gasteiger partial charge >= 0.3 is 0 Å².